The minimum Gasteiger partial charge on any atom is -0.462 e. The second-order valence-corrected chi connectivity index (χ2v) is 8.06. The van der Waals surface area contributed by atoms with Gasteiger partial charge in [0.1, 0.15) is 17.3 Å². The molecule has 0 atom stereocenters. The summed E-state index contributed by atoms with van der Waals surface area (Å²) in [5, 5.41) is 7.02. The van der Waals surface area contributed by atoms with E-state index in [0.29, 0.717) is 16.6 Å². The van der Waals surface area contributed by atoms with Gasteiger partial charge < -0.3 is 10.1 Å². The van der Waals surface area contributed by atoms with Crippen LogP contribution < -0.4 is 5.32 Å². The molecule has 0 bridgehead atoms. The summed E-state index contributed by atoms with van der Waals surface area (Å²) >= 11 is 1.39. The summed E-state index contributed by atoms with van der Waals surface area (Å²) in [5.41, 5.74) is 1.15. The van der Waals surface area contributed by atoms with Crippen LogP contribution in [0.5, 0.6) is 0 Å². The van der Waals surface area contributed by atoms with Gasteiger partial charge in [0.15, 0.2) is 9.84 Å². The predicted octanol–water partition coefficient (Wildman–Crippen LogP) is 3.46. The number of hydrogen-bond acceptors (Lipinski definition) is 7. The maximum atomic E-state index is 13.0. The average molecular weight is 394 g/mol. The molecule has 0 aliphatic rings. The van der Waals surface area contributed by atoms with E-state index in [1.165, 1.54) is 29.7 Å². The van der Waals surface area contributed by atoms with Gasteiger partial charge in [0.05, 0.1) is 22.7 Å². The molecule has 0 aliphatic carbocycles. The van der Waals surface area contributed by atoms with Crippen LogP contribution in [0.2, 0.25) is 0 Å². The fourth-order valence-electron chi connectivity index (χ4n) is 2.37. The van der Waals surface area contributed by atoms with Crippen molar-refractivity contribution in [1.29, 1.82) is 0 Å². The molecule has 0 radical (unpaired) electrons. The number of nitrogens with one attached hydrogen (secondary N) is 1. The summed E-state index contributed by atoms with van der Waals surface area (Å²) in [6.45, 7) is 1.87. The Bertz CT molecular complexity index is 1050. The molecular formula is C17H15FN2O4S2. The highest BCUT2D eigenvalue weighted by atomic mass is 32.2. The zero-order valence-corrected chi connectivity index (χ0v) is 15.4. The molecule has 0 saturated heterocycles. The number of hydrogen-bond donors (Lipinski definition) is 1. The van der Waals surface area contributed by atoms with Gasteiger partial charge in [0.2, 0.25) is 0 Å². The van der Waals surface area contributed by atoms with Gasteiger partial charge in [0, 0.05) is 22.3 Å². The van der Waals surface area contributed by atoms with E-state index in [1.54, 1.807) is 17.7 Å². The molecule has 26 heavy (non-hydrogen) atoms. The monoisotopic (exact) mass is 394 g/mol. The molecule has 2 heterocycles. The molecule has 3 rings (SSSR count). The lowest BCUT2D eigenvalue weighted by molar-refractivity contribution is 0.0527. The first-order chi connectivity index (χ1) is 12.4. The lowest BCUT2D eigenvalue weighted by atomic mass is 10.1. The van der Waals surface area contributed by atoms with Crippen molar-refractivity contribution in [3.8, 4) is 0 Å². The third-order valence-electron chi connectivity index (χ3n) is 3.62. The Morgan fingerprint density at radius 3 is 2.69 bits per heavy atom. The quantitative estimate of drug-likeness (QED) is 0.509. The smallest absolute Gasteiger partial charge is 0.341 e. The Labute approximate surface area is 153 Å². The first kappa shape index (κ1) is 18.3. The van der Waals surface area contributed by atoms with Crippen LogP contribution in [0, 0.1) is 5.82 Å². The van der Waals surface area contributed by atoms with Crippen molar-refractivity contribution in [3.63, 3.8) is 0 Å². The standard InChI is InChI=1S/C17H15FN2O4S2/c1-2-24-17(21)13-7-19-15-9-25-8-14(15)16(13)20-10-26(22,23)12-5-3-11(18)4-6-12/h3-9,20H,2,10H2,1H3. The van der Waals surface area contributed by atoms with Gasteiger partial charge in [-0.05, 0) is 31.2 Å². The number of carbonyl (C=O) groups is 1. The van der Waals surface area contributed by atoms with Gasteiger partial charge in [-0.2, -0.15) is 0 Å². The van der Waals surface area contributed by atoms with Gasteiger partial charge in [-0.3, -0.25) is 4.98 Å². The molecule has 0 amide bonds. The number of nitrogens with zero attached hydrogens (tertiary/aromatic N) is 1. The second-order valence-electron chi connectivity index (χ2n) is 5.33. The first-order valence-electron chi connectivity index (χ1n) is 7.66. The number of halogens is 1. The van der Waals surface area contributed by atoms with E-state index in [1.807, 2.05) is 0 Å². The molecule has 1 N–H and O–H groups in total. The third-order valence-corrected chi connectivity index (χ3v) is 5.87. The van der Waals surface area contributed by atoms with Crippen molar-refractivity contribution >= 4 is 43.7 Å². The van der Waals surface area contributed by atoms with E-state index in [9.17, 15) is 17.6 Å². The number of carbonyl (C=O) groups excluding carboxylic acids is 1. The second kappa shape index (κ2) is 7.38. The van der Waals surface area contributed by atoms with Crippen LogP contribution in [0.15, 0.2) is 46.1 Å². The van der Waals surface area contributed by atoms with E-state index in [2.05, 4.69) is 10.3 Å². The fraction of sp³-hybridized carbons (Fsp3) is 0.176. The molecule has 0 unspecified atom stereocenters. The summed E-state index contributed by atoms with van der Waals surface area (Å²) < 4.78 is 43.0. The van der Waals surface area contributed by atoms with Crippen LogP contribution in [0.3, 0.4) is 0 Å². The molecular weight excluding hydrogens is 379 g/mol. The molecule has 6 nitrogen and oxygen atoms in total. The zero-order valence-electron chi connectivity index (χ0n) is 13.7. The number of esters is 1. The molecule has 0 fully saturated rings. The lowest BCUT2D eigenvalue weighted by Gasteiger charge is -2.13. The minimum atomic E-state index is -3.73. The Balaban J connectivity index is 1.94. The van der Waals surface area contributed by atoms with E-state index in [4.69, 9.17) is 4.74 Å². The molecule has 0 aliphatic heterocycles. The Kier molecular flexibility index (Phi) is 5.19. The molecule has 1 aromatic carbocycles. The molecule has 9 heteroatoms. The van der Waals surface area contributed by atoms with Gasteiger partial charge in [-0.25, -0.2) is 17.6 Å². The summed E-state index contributed by atoms with van der Waals surface area (Å²) in [6, 6.07) is 4.57. The molecule has 136 valence electrons. The van der Waals surface area contributed by atoms with Crippen molar-refractivity contribution < 1.29 is 22.3 Å². The van der Waals surface area contributed by atoms with Crippen LogP contribution in [0.1, 0.15) is 17.3 Å². The number of anilines is 1. The van der Waals surface area contributed by atoms with Crippen molar-refractivity contribution in [2.45, 2.75) is 11.8 Å². The fourth-order valence-corrected chi connectivity index (χ4v) is 4.18. The van der Waals surface area contributed by atoms with Crippen LogP contribution in [-0.4, -0.2) is 31.9 Å². The van der Waals surface area contributed by atoms with Crippen LogP contribution in [0.4, 0.5) is 10.1 Å². The molecule has 0 spiro atoms. The highest BCUT2D eigenvalue weighted by Crippen LogP contribution is 2.29. The van der Waals surface area contributed by atoms with Crippen molar-refractivity contribution in [2.24, 2.45) is 0 Å². The lowest BCUT2D eigenvalue weighted by Crippen LogP contribution is -2.17. The summed E-state index contributed by atoms with van der Waals surface area (Å²) in [6.07, 6.45) is 1.36. The Hall–Kier alpha value is -2.52. The molecule has 0 saturated carbocycles. The average Bonchev–Trinajstić information content (AvgIpc) is 3.09. The van der Waals surface area contributed by atoms with Crippen molar-refractivity contribution in [2.75, 3.05) is 17.8 Å². The van der Waals surface area contributed by atoms with Crippen LogP contribution in [0.25, 0.3) is 10.9 Å². The number of pyridine rings is 1. The highest BCUT2D eigenvalue weighted by Gasteiger charge is 2.20. The number of thiophene rings is 1. The summed E-state index contributed by atoms with van der Waals surface area (Å²) in [5.74, 6) is -1.56. The summed E-state index contributed by atoms with van der Waals surface area (Å²) in [7, 11) is -3.73. The number of fused-ring (bicyclic) bond motifs is 1. The minimum absolute atomic E-state index is 0.0142. The maximum absolute atomic E-state index is 13.0. The summed E-state index contributed by atoms with van der Waals surface area (Å²) in [4.78, 5) is 16.4. The normalized spacial score (nSPS) is 11.5. The van der Waals surface area contributed by atoms with Crippen LogP contribution >= 0.6 is 11.3 Å². The molecule has 2 aromatic heterocycles. The third kappa shape index (κ3) is 3.68. The topological polar surface area (TPSA) is 85.4 Å². The van der Waals surface area contributed by atoms with E-state index < -0.39 is 27.5 Å². The van der Waals surface area contributed by atoms with E-state index in [0.717, 1.165) is 12.1 Å². The highest BCUT2D eigenvalue weighted by molar-refractivity contribution is 7.91. The molecule has 3 aromatic rings. The van der Waals surface area contributed by atoms with Gasteiger partial charge in [0.25, 0.3) is 0 Å². The number of rotatable bonds is 6. The predicted molar refractivity (Wildman–Crippen MR) is 97.7 cm³/mol. The largest absolute Gasteiger partial charge is 0.462 e. The SMILES string of the molecule is CCOC(=O)c1cnc2cscc2c1NCS(=O)(=O)c1ccc(F)cc1. The number of benzene rings is 1. The van der Waals surface area contributed by atoms with Crippen molar-refractivity contribution in [1.82, 2.24) is 4.98 Å². The Morgan fingerprint density at radius 1 is 1.27 bits per heavy atom. The Morgan fingerprint density at radius 2 is 2.00 bits per heavy atom. The number of ether oxygens (including phenoxy) is 1. The maximum Gasteiger partial charge on any atom is 0.341 e. The van der Waals surface area contributed by atoms with E-state index >= 15 is 0 Å². The van der Waals surface area contributed by atoms with Gasteiger partial charge in [-0.15, -0.1) is 11.3 Å². The van der Waals surface area contributed by atoms with Crippen molar-refractivity contribution in [3.05, 3.63) is 52.6 Å². The number of aromatic nitrogens is 1. The van der Waals surface area contributed by atoms with Gasteiger partial charge in [-0.1, -0.05) is 0 Å². The number of sulfone groups is 1. The van der Waals surface area contributed by atoms with Crippen LogP contribution in [-0.2, 0) is 14.6 Å². The van der Waals surface area contributed by atoms with E-state index in [-0.39, 0.29) is 17.1 Å². The first-order valence-corrected chi connectivity index (χ1v) is 10.3. The van der Waals surface area contributed by atoms with Gasteiger partial charge >= 0.3 is 5.97 Å². The zero-order chi connectivity index (χ0) is 18.7.